The maximum absolute atomic E-state index is 5.65. The maximum atomic E-state index is 5.65. The van der Waals surface area contributed by atoms with E-state index in [0.717, 1.165) is 0 Å². The molecule has 0 rings (SSSR count). The average molecular weight is 195 g/mol. The Morgan fingerprint density at radius 1 is 1.00 bits per heavy atom. The van der Waals surface area contributed by atoms with Crippen molar-refractivity contribution in [3.05, 3.63) is 0 Å². The van der Waals surface area contributed by atoms with Crippen molar-refractivity contribution >= 4 is 8.97 Å². The Balaban J connectivity index is 3.80. The zero-order valence-corrected chi connectivity index (χ0v) is 8.83. The molecular formula is C6H17NO4Si. The van der Waals surface area contributed by atoms with Crippen molar-refractivity contribution in [3.63, 3.8) is 0 Å². The van der Waals surface area contributed by atoms with Crippen LogP contribution >= 0.6 is 0 Å². The predicted octanol–water partition coefficient (Wildman–Crippen LogP) is 0.422. The monoisotopic (exact) mass is 195 g/mol. The zero-order chi connectivity index (χ0) is 9.45. The van der Waals surface area contributed by atoms with Crippen LogP contribution in [-0.2, 0) is 18.3 Å². The molecule has 0 heterocycles. The van der Waals surface area contributed by atoms with Gasteiger partial charge >= 0.3 is 8.97 Å². The van der Waals surface area contributed by atoms with E-state index in [1.165, 1.54) is 0 Å². The van der Waals surface area contributed by atoms with Gasteiger partial charge in [0.25, 0.3) is 0 Å². The van der Waals surface area contributed by atoms with Crippen molar-refractivity contribution in [2.75, 3.05) is 19.8 Å². The van der Waals surface area contributed by atoms with Crippen molar-refractivity contribution in [3.8, 4) is 0 Å². The van der Waals surface area contributed by atoms with Crippen molar-refractivity contribution in [1.82, 2.24) is 0 Å². The number of nitrogens with two attached hydrogens (primary N) is 1. The lowest BCUT2D eigenvalue weighted by atomic mass is 10.9. The second kappa shape index (κ2) is 6.52. The molecule has 0 aromatic heterocycles. The van der Waals surface area contributed by atoms with E-state index in [4.69, 9.17) is 23.7 Å². The Kier molecular flexibility index (Phi) is 6.53. The lowest BCUT2D eigenvalue weighted by Gasteiger charge is -2.21. The Labute approximate surface area is 74.1 Å². The molecular weight excluding hydrogens is 178 g/mol. The van der Waals surface area contributed by atoms with E-state index >= 15 is 0 Å². The van der Waals surface area contributed by atoms with Crippen LogP contribution in [0.5, 0.6) is 0 Å². The molecule has 0 saturated heterocycles. The van der Waals surface area contributed by atoms with Crippen LogP contribution in [0.1, 0.15) is 20.8 Å². The summed E-state index contributed by atoms with van der Waals surface area (Å²) >= 11 is 0. The molecule has 5 nitrogen and oxygen atoms in total. The molecule has 0 unspecified atom stereocenters. The van der Waals surface area contributed by atoms with Crippen LogP contribution in [0.15, 0.2) is 0 Å². The van der Waals surface area contributed by atoms with E-state index in [0.29, 0.717) is 19.8 Å². The summed E-state index contributed by atoms with van der Waals surface area (Å²) < 4.78 is 15.1. The van der Waals surface area contributed by atoms with E-state index < -0.39 is 8.97 Å². The summed E-state index contributed by atoms with van der Waals surface area (Å²) in [5, 5.41) is 5.65. The predicted molar refractivity (Wildman–Crippen MR) is 45.9 cm³/mol. The molecule has 0 spiro atoms. The zero-order valence-electron chi connectivity index (χ0n) is 7.83. The van der Waals surface area contributed by atoms with E-state index in [-0.39, 0.29) is 0 Å². The third-order valence-corrected chi connectivity index (χ3v) is 2.72. The van der Waals surface area contributed by atoms with Crippen molar-refractivity contribution < 1.29 is 18.3 Å². The summed E-state index contributed by atoms with van der Waals surface area (Å²) in [6, 6.07) is 0. The van der Waals surface area contributed by atoms with E-state index in [1.807, 2.05) is 13.8 Å². The molecule has 0 amide bonds. The van der Waals surface area contributed by atoms with Gasteiger partial charge in [0.1, 0.15) is 0 Å². The van der Waals surface area contributed by atoms with Gasteiger partial charge in [-0.1, -0.05) is 0 Å². The highest BCUT2D eigenvalue weighted by Crippen LogP contribution is 2.02. The molecule has 0 aromatic rings. The highest BCUT2D eigenvalue weighted by Gasteiger charge is 2.38. The molecule has 12 heavy (non-hydrogen) atoms. The molecule has 0 aliphatic carbocycles. The summed E-state index contributed by atoms with van der Waals surface area (Å²) in [7, 11) is -2.99. The third kappa shape index (κ3) is 4.81. The lowest BCUT2D eigenvalue weighted by Crippen LogP contribution is -2.55. The normalized spacial score (nSPS) is 12.0. The average Bonchev–Trinajstić information content (AvgIpc) is 2.02. The molecule has 0 bridgehead atoms. The summed E-state index contributed by atoms with van der Waals surface area (Å²) in [4.78, 5) is 4.69. The first-order valence-corrected chi connectivity index (χ1v) is 5.86. The molecule has 0 atom stereocenters. The van der Waals surface area contributed by atoms with Crippen molar-refractivity contribution in [1.29, 1.82) is 0 Å². The highest BCUT2D eigenvalue weighted by atomic mass is 28.4. The molecule has 6 heteroatoms. The minimum atomic E-state index is -2.99. The van der Waals surface area contributed by atoms with Crippen LogP contribution in [-0.4, -0.2) is 28.8 Å². The van der Waals surface area contributed by atoms with Crippen LogP contribution in [0.3, 0.4) is 0 Å². The van der Waals surface area contributed by atoms with Crippen LogP contribution in [0.4, 0.5) is 0 Å². The SMILES string of the molecule is CCOO[Si](N)(OCC)OCC. The maximum Gasteiger partial charge on any atom is 0.622 e. The van der Waals surface area contributed by atoms with Gasteiger partial charge in [0, 0.05) is 13.2 Å². The number of rotatable bonds is 7. The first kappa shape index (κ1) is 12.0. The minimum Gasteiger partial charge on any atom is -0.360 e. The fourth-order valence-corrected chi connectivity index (χ4v) is 1.90. The molecule has 0 saturated carbocycles. The first-order chi connectivity index (χ1) is 5.68. The molecule has 0 aliphatic heterocycles. The van der Waals surface area contributed by atoms with E-state index in [1.54, 1.807) is 6.92 Å². The van der Waals surface area contributed by atoms with Gasteiger partial charge in [-0.3, -0.25) is 5.40 Å². The lowest BCUT2D eigenvalue weighted by molar-refractivity contribution is -0.247. The summed E-state index contributed by atoms with van der Waals surface area (Å²) in [6.45, 7) is 6.77. The Bertz CT molecular complexity index is 108. The van der Waals surface area contributed by atoms with Gasteiger partial charge in [0.2, 0.25) is 0 Å². The Morgan fingerprint density at radius 2 is 1.50 bits per heavy atom. The topological polar surface area (TPSA) is 62.9 Å². The van der Waals surface area contributed by atoms with Crippen LogP contribution in [0.2, 0.25) is 0 Å². The Morgan fingerprint density at radius 3 is 1.83 bits per heavy atom. The fourth-order valence-electron chi connectivity index (χ4n) is 0.633. The summed E-state index contributed by atoms with van der Waals surface area (Å²) in [5.74, 6) is 0. The third-order valence-electron chi connectivity index (χ3n) is 0.984. The molecule has 0 fully saturated rings. The standard InChI is InChI=1S/C6H17NO4Si/c1-4-8-11-12(7,9-5-2)10-6-3/h4-7H2,1-3H3. The van der Waals surface area contributed by atoms with Crippen LogP contribution in [0, 0.1) is 0 Å². The fraction of sp³-hybridized carbons (Fsp3) is 1.00. The van der Waals surface area contributed by atoms with E-state index in [2.05, 4.69) is 0 Å². The molecule has 0 radical (unpaired) electrons. The van der Waals surface area contributed by atoms with Gasteiger partial charge in [-0.2, -0.15) is 0 Å². The van der Waals surface area contributed by atoms with Gasteiger partial charge in [0.15, 0.2) is 0 Å². The summed E-state index contributed by atoms with van der Waals surface area (Å²) in [6.07, 6.45) is 0. The van der Waals surface area contributed by atoms with Crippen LogP contribution < -0.4 is 5.40 Å². The number of hydrogen-bond acceptors (Lipinski definition) is 5. The molecule has 0 aromatic carbocycles. The van der Waals surface area contributed by atoms with Gasteiger partial charge < -0.3 is 8.85 Å². The molecule has 0 aliphatic rings. The van der Waals surface area contributed by atoms with E-state index in [9.17, 15) is 0 Å². The highest BCUT2D eigenvalue weighted by molar-refractivity contribution is 6.56. The van der Waals surface area contributed by atoms with Crippen molar-refractivity contribution in [2.45, 2.75) is 20.8 Å². The summed E-state index contributed by atoms with van der Waals surface area (Å²) in [5.41, 5.74) is 0. The van der Waals surface area contributed by atoms with Crippen LogP contribution in [0.25, 0.3) is 0 Å². The smallest absolute Gasteiger partial charge is 0.360 e. The number of hydrogen-bond donors (Lipinski definition) is 1. The van der Waals surface area contributed by atoms with Gasteiger partial charge in [-0.15, -0.1) is 0 Å². The molecule has 74 valence electrons. The van der Waals surface area contributed by atoms with Gasteiger partial charge in [0.05, 0.1) is 6.61 Å². The quantitative estimate of drug-likeness (QED) is 0.362. The largest absolute Gasteiger partial charge is 0.622 e. The second-order valence-electron chi connectivity index (χ2n) is 1.96. The van der Waals surface area contributed by atoms with Gasteiger partial charge in [-0.25, -0.2) is 9.46 Å². The molecule has 2 N–H and O–H groups in total. The van der Waals surface area contributed by atoms with Crippen molar-refractivity contribution in [2.24, 2.45) is 5.40 Å². The first-order valence-electron chi connectivity index (χ1n) is 4.06. The Hall–Kier alpha value is 0.0169. The van der Waals surface area contributed by atoms with Gasteiger partial charge in [-0.05, 0) is 20.8 Å². The second-order valence-corrected chi connectivity index (χ2v) is 3.91. The minimum absolute atomic E-state index is 0.423.